The molecule has 0 fully saturated rings. The van der Waals surface area contributed by atoms with E-state index in [9.17, 15) is 39.6 Å². The number of fused-ring (bicyclic) bond motifs is 4. The number of hydrogen-bond donors (Lipinski definition) is 4. The average molecular weight is 536 g/mol. The number of carboxylic acid groups (broad SMARTS) is 4. The maximum Gasteiger partial charge on any atom is 0.339 e. The second-order valence-electron chi connectivity index (χ2n) is 8.90. The predicted octanol–water partition coefficient (Wildman–Crippen LogP) is 5.70. The molecular weight excluding hydrogens is 520 g/mol. The molecule has 40 heavy (non-hydrogen) atoms. The molecule has 0 bridgehead atoms. The molecule has 2 aliphatic heterocycles. The van der Waals surface area contributed by atoms with Gasteiger partial charge in [-0.05, 0) is 24.3 Å². The highest BCUT2D eigenvalue weighted by Crippen LogP contribution is 2.55. The Kier molecular flexibility index (Phi) is 5.40. The van der Waals surface area contributed by atoms with Gasteiger partial charge in [-0.3, -0.25) is 0 Å². The molecule has 2 aliphatic rings. The van der Waals surface area contributed by atoms with Gasteiger partial charge in [-0.2, -0.15) is 0 Å². The fourth-order valence-electron chi connectivity index (χ4n) is 5.08. The molecule has 4 aromatic carbocycles. The number of hydrogen-bond acceptors (Lipinski definition) is 6. The quantitative estimate of drug-likeness (QED) is 0.219. The molecule has 0 atom stereocenters. The van der Waals surface area contributed by atoms with Crippen molar-refractivity contribution in [3.8, 4) is 23.0 Å². The number of rotatable bonds is 4. The monoisotopic (exact) mass is 536 g/mol. The zero-order chi connectivity index (χ0) is 28.3. The number of carbonyl (C=O) groups is 4. The molecule has 0 aromatic heterocycles. The summed E-state index contributed by atoms with van der Waals surface area (Å²) < 4.78 is 11.9. The number of aromatic carboxylic acids is 4. The van der Waals surface area contributed by atoms with Gasteiger partial charge < -0.3 is 29.9 Å². The highest BCUT2D eigenvalue weighted by molar-refractivity contribution is 6.14. The van der Waals surface area contributed by atoms with Gasteiger partial charge in [-0.1, -0.05) is 48.5 Å². The largest absolute Gasteiger partial charge is 0.478 e. The lowest BCUT2D eigenvalue weighted by Gasteiger charge is -2.31. The van der Waals surface area contributed by atoms with Gasteiger partial charge in [0, 0.05) is 33.4 Å². The molecule has 2 heterocycles. The normalized spacial score (nSPS) is 12.6. The number of para-hydroxylation sites is 4. The molecule has 0 saturated heterocycles. The van der Waals surface area contributed by atoms with E-state index in [2.05, 4.69) is 0 Å². The number of benzene rings is 4. The molecule has 4 aromatic rings. The average Bonchev–Trinajstić information content (AvgIpc) is 2.93. The van der Waals surface area contributed by atoms with Crippen LogP contribution in [0.3, 0.4) is 0 Å². The summed E-state index contributed by atoms with van der Waals surface area (Å²) in [6.07, 6.45) is 0. The lowest BCUT2D eigenvalue weighted by molar-refractivity contribution is 0.0678. The zero-order valence-corrected chi connectivity index (χ0v) is 20.2. The van der Waals surface area contributed by atoms with Gasteiger partial charge in [-0.25, -0.2) is 19.2 Å². The van der Waals surface area contributed by atoms with Crippen LogP contribution < -0.4 is 9.47 Å². The van der Waals surface area contributed by atoms with Crippen molar-refractivity contribution in [2.75, 3.05) is 0 Å². The van der Waals surface area contributed by atoms with Crippen molar-refractivity contribution in [1.29, 1.82) is 0 Å². The van der Waals surface area contributed by atoms with Crippen LogP contribution in [0.2, 0.25) is 0 Å². The van der Waals surface area contributed by atoms with Crippen molar-refractivity contribution in [2.45, 2.75) is 0 Å². The number of ether oxygens (including phenoxy) is 2. The maximum atomic E-state index is 12.2. The van der Waals surface area contributed by atoms with Crippen LogP contribution in [-0.2, 0) is 0 Å². The fourth-order valence-corrected chi connectivity index (χ4v) is 5.08. The lowest BCUT2D eigenvalue weighted by Crippen LogP contribution is -2.16. The highest BCUT2D eigenvalue weighted by atomic mass is 16.5. The van der Waals surface area contributed by atoms with Crippen molar-refractivity contribution in [3.63, 3.8) is 0 Å². The molecule has 10 heteroatoms. The molecule has 10 nitrogen and oxygen atoms in total. The van der Waals surface area contributed by atoms with E-state index in [1.165, 1.54) is 48.5 Å². The van der Waals surface area contributed by atoms with Crippen LogP contribution in [0.15, 0.2) is 72.8 Å². The molecule has 0 radical (unpaired) electrons. The van der Waals surface area contributed by atoms with Crippen LogP contribution in [0.4, 0.5) is 0 Å². The zero-order valence-electron chi connectivity index (χ0n) is 20.2. The van der Waals surface area contributed by atoms with Crippen LogP contribution in [-0.4, -0.2) is 44.3 Å². The minimum absolute atomic E-state index is 0.114. The third-order valence-corrected chi connectivity index (χ3v) is 6.72. The van der Waals surface area contributed by atoms with Gasteiger partial charge >= 0.3 is 23.9 Å². The minimum atomic E-state index is -1.31. The second kappa shape index (κ2) is 8.84. The maximum absolute atomic E-state index is 12.2. The molecule has 6 rings (SSSR count). The van der Waals surface area contributed by atoms with E-state index in [1.807, 2.05) is 0 Å². The topological polar surface area (TPSA) is 168 Å². The van der Waals surface area contributed by atoms with E-state index in [4.69, 9.17) is 9.47 Å². The minimum Gasteiger partial charge on any atom is -0.478 e. The van der Waals surface area contributed by atoms with Gasteiger partial charge in [-0.15, -0.1) is 0 Å². The summed E-state index contributed by atoms with van der Waals surface area (Å²) in [6.45, 7) is 0. The summed E-state index contributed by atoms with van der Waals surface area (Å²) in [5, 5.41) is 39.6. The Balaban J connectivity index is 1.86. The van der Waals surface area contributed by atoms with Crippen LogP contribution in [0, 0.1) is 0 Å². The van der Waals surface area contributed by atoms with Crippen molar-refractivity contribution in [3.05, 3.63) is 117 Å². The summed E-state index contributed by atoms with van der Waals surface area (Å²) in [5.74, 6) is -5.71. The molecule has 196 valence electrons. The van der Waals surface area contributed by atoms with Crippen LogP contribution in [0.25, 0.3) is 11.1 Å². The molecular formula is C30H16O10. The van der Waals surface area contributed by atoms with E-state index >= 15 is 0 Å². The van der Waals surface area contributed by atoms with Crippen molar-refractivity contribution < 1.29 is 49.1 Å². The first kappa shape index (κ1) is 24.4. The third-order valence-electron chi connectivity index (χ3n) is 6.72. The summed E-state index contributed by atoms with van der Waals surface area (Å²) in [4.78, 5) is 48.6. The molecule has 0 spiro atoms. The molecule has 0 unspecified atom stereocenters. The predicted molar refractivity (Wildman–Crippen MR) is 139 cm³/mol. The van der Waals surface area contributed by atoms with Crippen LogP contribution in [0.1, 0.15) is 63.7 Å². The Labute approximate surface area is 224 Å². The summed E-state index contributed by atoms with van der Waals surface area (Å²) in [7, 11) is 0. The Morgan fingerprint density at radius 3 is 0.825 bits per heavy atom. The first-order chi connectivity index (χ1) is 19.2. The summed E-state index contributed by atoms with van der Waals surface area (Å²) in [6, 6.07) is 17.6. The number of carboxylic acids is 4. The summed E-state index contributed by atoms with van der Waals surface area (Å²) in [5.41, 5.74) is 0.850. The van der Waals surface area contributed by atoms with Gasteiger partial charge in [0.2, 0.25) is 0 Å². The van der Waals surface area contributed by atoms with Crippen molar-refractivity contribution in [1.82, 2.24) is 0 Å². The van der Waals surface area contributed by atoms with E-state index in [0.29, 0.717) is 11.1 Å². The fraction of sp³-hybridized carbons (Fsp3) is 0. The molecule has 0 aliphatic carbocycles. The van der Waals surface area contributed by atoms with Crippen LogP contribution >= 0.6 is 0 Å². The Morgan fingerprint density at radius 1 is 0.400 bits per heavy atom. The van der Waals surface area contributed by atoms with E-state index in [-0.39, 0.29) is 67.5 Å². The first-order valence-electron chi connectivity index (χ1n) is 11.8. The Morgan fingerprint density at radius 2 is 0.625 bits per heavy atom. The molecule has 4 N–H and O–H groups in total. The van der Waals surface area contributed by atoms with Crippen LogP contribution in [0.5, 0.6) is 23.0 Å². The van der Waals surface area contributed by atoms with E-state index in [0.717, 1.165) is 0 Å². The third kappa shape index (κ3) is 3.51. The SMILES string of the molecule is O=C(O)c1cccc2c1Oc1c(C(=O)O)cccc1C2=C1c2cccc(C(=O)O)c2Oc2c(C(=O)O)cccc21. The standard InChI is InChI=1S/C30H16O10/c31-27(32)17-9-1-5-13-21(14-6-2-10-18(28(33)34)24(14)39-23(13)17)22-15-7-3-11-19(29(35)36)25(15)40-26-16(22)8-4-12-20(26)30(37)38/h1-12H,(H,31,32)(H,33,34)(H,35,36)(H,37,38). The molecule has 0 saturated carbocycles. The first-order valence-corrected chi connectivity index (χ1v) is 11.8. The van der Waals surface area contributed by atoms with Gasteiger partial charge in [0.15, 0.2) is 0 Å². The van der Waals surface area contributed by atoms with Crippen molar-refractivity contribution in [2.24, 2.45) is 0 Å². The smallest absolute Gasteiger partial charge is 0.339 e. The van der Waals surface area contributed by atoms with Crippen molar-refractivity contribution >= 4 is 35.0 Å². The second-order valence-corrected chi connectivity index (χ2v) is 8.90. The van der Waals surface area contributed by atoms with E-state index in [1.54, 1.807) is 24.3 Å². The van der Waals surface area contributed by atoms with Gasteiger partial charge in [0.1, 0.15) is 45.3 Å². The Bertz CT molecular complexity index is 1600. The molecule has 0 amide bonds. The van der Waals surface area contributed by atoms with Gasteiger partial charge in [0.05, 0.1) is 0 Å². The Hall–Kier alpha value is -5.90. The summed E-state index contributed by atoms with van der Waals surface area (Å²) >= 11 is 0. The lowest BCUT2D eigenvalue weighted by atomic mass is 9.80. The highest BCUT2D eigenvalue weighted by Gasteiger charge is 2.37. The van der Waals surface area contributed by atoms with E-state index < -0.39 is 23.9 Å². The van der Waals surface area contributed by atoms with Gasteiger partial charge in [0.25, 0.3) is 0 Å².